The highest BCUT2D eigenvalue weighted by atomic mass is 32.2. The average Bonchev–Trinajstić information content (AvgIpc) is 2.42. The zero-order valence-electron chi connectivity index (χ0n) is 13.7. The largest absolute Gasteiger partial charge is 0.481 e. The Balaban J connectivity index is 6.19. The lowest BCUT2D eigenvalue weighted by molar-refractivity contribution is -0.145. The third-order valence-corrected chi connectivity index (χ3v) is 4.52. The molecule has 0 saturated heterocycles. The highest BCUT2D eigenvalue weighted by Crippen LogP contribution is 2.35. The highest BCUT2D eigenvalue weighted by Gasteiger charge is 2.49. The second-order valence-electron chi connectivity index (χ2n) is 5.77. The average molecular weight is 414 g/mol. The zero-order valence-corrected chi connectivity index (χ0v) is 15.5. The molecule has 0 spiro atoms. The van der Waals surface area contributed by atoms with Crippen LogP contribution >= 0.6 is 25.3 Å². The third-order valence-electron chi connectivity index (χ3n) is 3.70. The Hall–Kier alpha value is -1.54. The predicted octanol–water partition coefficient (Wildman–Crippen LogP) is -1.47. The van der Waals surface area contributed by atoms with E-state index in [1.54, 1.807) is 0 Å². The van der Waals surface area contributed by atoms with Gasteiger partial charge in [-0.05, 0) is 0 Å². The molecule has 11 nitrogen and oxygen atoms in total. The number of carboxylic acid groups (broad SMARTS) is 4. The Morgan fingerprint density at radius 1 is 0.885 bits per heavy atom. The van der Waals surface area contributed by atoms with Crippen LogP contribution in [0.25, 0.3) is 0 Å². The van der Waals surface area contributed by atoms with Crippen molar-refractivity contribution >= 4 is 49.1 Å². The number of thiol groups is 2. The van der Waals surface area contributed by atoms with Gasteiger partial charge >= 0.3 is 23.9 Å². The van der Waals surface area contributed by atoms with E-state index in [-0.39, 0.29) is 0 Å². The predicted molar refractivity (Wildman–Crippen MR) is 94.4 cm³/mol. The van der Waals surface area contributed by atoms with E-state index in [1.807, 2.05) is 0 Å². The van der Waals surface area contributed by atoms with Crippen LogP contribution in [0.3, 0.4) is 0 Å². The van der Waals surface area contributed by atoms with Crippen molar-refractivity contribution in [2.24, 2.45) is 5.92 Å². The Morgan fingerprint density at radius 2 is 1.31 bits per heavy atom. The number of hydrogen-bond acceptors (Lipinski definition) is 9. The van der Waals surface area contributed by atoms with Crippen molar-refractivity contribution in [3.05, 3.63) is 0 Å². The molecule has 13 heteroatoms. The van der Waals surface area contributed by atoms with Gasteiger partial charge in [-0.1, -0.05) is 6.92 Å². The first-order valence-corrected chi connectivity index (χ1v) is 8.13. The monoisotopic (exact) mass is 414 g/mol. The maximum atomic E-state index is 11.3. The molecule has 0 aromatic carbocycles. The van der Waals surface area contributed by atoms with Gasteiger partial charge in [-0.25, -0.2) is 0 Å². The van der Waals surface area contributed by atoms with Gasteiger partial charge in [-0.2, -0.15) is 0 Å². The molecule has 0 saturated carbocycles. The number of carboxylic acids is 4. The summed E-state index contributed by atoms with van der Waals surface area (Å²) in [7, 11) is 0. The summed E-state index contributed by atoms with van der Waals surface area (Å²) in [6, 6.07) is -1.33. The lowest BCUT2D eigenvalue weighted by Crippen LogP contribution is -2.67. The number of nitrogens with one attached hydrogen (secondary N) is 2. The number of rotatable bonds is 13. The molecular weight excluding hydrogens is 392 g/mol. The van der Waals surface area contributed by atoms with E-state index in [2.05, 4.69) is 35.9 Å². The minimum Gasteiger partial charge on any atom is -0.481 e. The van der Waals surface area contributed by atoms with Crippen molar-refractivity contribution in [2.75, 3.05) is 13.1 Å². The van der Waals surface area contributed by atoms with Gasteiger partial charge in [0.2, 0.25) is 0 Å². The fraction of sp³-hybridized carbons (Fsp3) is 0.692. The van der Waals surface area contributed by atoms with Crippen LogP contribution in [0, 0.1) is 5.92 Å². The summed E-state index contributed by atoms with van der Waals surface area (Å²) < 4.78 is -2.05. The first-order chi connectivity index (χ1) is 11.7. The molecule has 26 heavy (non-hydrogen) atoms. The molecule has 0 heterocycles. The minimum absolute atomic E-state index is 0.706. The van der Waals surface area contributed by atoms with Gasteiger partial charge in [0.05, 0.1) is 31.5 Å². The van der Waals surface area contributed by atoms with E-state index in [4.69, 9.17) is 10.2 Å². The number of aliphatic carboxylic acids is 4. The molecule has 7 N–H and O–H groups in total. The van der Waals surface area contributed by atoms with Crippen molar-refractivity contribution in [1.29, 1.82) is 0 Å². The van der Waals surface area contributed by atoms with Crippen LogP contribution in [0.4, 0.5) is 0 Å². The summed E-state index contributed by atoms with van der Waals surface area (Å²) in [5, 5.41) is 51.1. The fourth-order valence-electron chi connectivity index (χ4n) is 2.58. The Kier molecular flexibility index (Phi) is 9.38. The Morgan fingerprint density at radius 3 is 1.62 bits per heavy atom. The molecule has 0 fully saturated rings. The molecule has 0 aliphatic carbocycles. The van der Waals surface area contributed by atoms with Gasteiger partial charge < -0.3 is 30.8 Å². The van der Waals surface area contributed by atoms with E-state index >= 15 is 0 Å². The Labute approximate surface area is 159 Å². The molecule has 0 amide bonds. The minimum atomic E-state index is -2.05. The fourth-order valence-corrected chi connectivity index (χ4v) is 2.88. The maximum absolute atomic E-state index is 11.3. The van der Waals surface area contributed by atoms with Crippen molar-refractivity contribution in [2.45, 2.75) is 35.6 Å². The third kappa shape index (κ3) is 8.23. The van der Waals surface area contributed by atoms with E-state index in [9.17, 15) is 34.5 Å². The lowest BCUT2D eigenvalue weighted by Gasteiger charge is -2.45. The molecular formula is C13H22N2O9S2. The second kappa shape index (κ2) is 9.97. The second-order valence-corrected chi connectivity index (χ2v) is 7.49. The van der Waals surface area contributed by atoms with Gasteiger partial charge in [0.25, 0.3) is 0 Å². The molecule has 150 valence electrons. The van der Waals surface area contributed by atoms with Crippen LogP contribution in [0.2, 0.25) is 0 Å². The number of carbonyl (C=O) groups is 4. The van der Waals surface area contributed by atoms with E-state index in [1.165, 1.54) is 6.92 Å². The summed E-state index contributed by atoms with van der Waals surface area (Å²) in [6.07, 6.45) is -1.74. The SMILES string of the molecule is CC(C(NCC(=O)O)C(CC(=O)O)(CC(=O)O)NCC(=O)O)C(O)(S)S. The number of hydrogen-bond donors (Lipinski definition) is 9. The van der Waals surface area contributed by atoms with Crippen molar-refractivity contribution in [3.8, 4) is 0 Å². The summed E-state index contributed by atoms with van der Waals surface area (Å²) in [4.78, 5) is 44.5. The molecule has 0 aromatic rings. The molecule has 0 bridgehead atoms. The van der Waals surface area contributed by atoms with Crippen LogP contribution in [-0.4, -0.2) is 78.3 Å². The van der Waals surface area contributed by atoms with Crippen molar-refractivity contribution < 1.29 is 44.7 Å². The topological polar surface area (TPSA) is 193 Å². The summed E-state index contributed by atoms with van der Waals surface area (Å²) in [6.45, 7) is -0.168. The van der Waals surface area contributed by atoms with Gasteiger partial charge in [-0.15, -0.1) is 25.3 Å². The summed E-state index contributed by atoms with van der Waals surface area (Å²) in [5.74, 6) is -6.74. The molecule has 0 aliphatic rings. The molecule has 0 aliphatic heterocycles. The first kappa shape index (κ1) is 24.5. The van der Waals surface area contributed by atoms with Crippen LogP contribution in [0.1, 0.15) is 19.8 Å². The molecule has 0 radical (unpaired) electrons. The van der Waals surface area contributed by atoms with E-state index in [0.717, 1.165) is 0 Å². The van der Waals surface area contributed by atoms with Gasteiger partial charge in [0.1, 0.15) is 0 Å². The van der Waals surface area contributed by atoms with Crippen LogP contribution in [0.5, 0.6) is 0 Å². The quantitative estimate of drug-likeness (QED) is 0.126. The smallest absolute Gasteiger partial charge is 0.317 e. The standard InChI is InChI=1S/C13H22N2O9S2/c1-6(13(24,25)26)11(14-4-9(20)21)12(2-7(16)17,3-8(18)19)15-5-10(22)23/h6,11,14-15,24-26H,2-5H2,1H3,(H,16,17)(H,18,19)(H,20,21)(H,22,23). The number of aliphatic hydroxyl groups is 1. The van der Waals surface area contributed by atoms with Crippen LogP contribution < -0.4 is 10.6 Å². The van der Waals surface area contributed by atoms with Gasteiger partial charge in [-0.3, -0.25) is 24.5 Å². The zero-order chi connectivity index (χ0) is 20.7. The molecule has 2 atom stereocenters. The molecule has 2 unspecified atom stereocenters. The summed E-state index contributed by atoms with van der Waals surface area (Å²) >= 11 is 7.70. The van der Waals surface area contributed by atoms with E-state index in [0.29, 0.717) is 0 Å². The Bertz CT molecular complexity index is 534. The van der Waals surface area contributed by atoms with Crippen molar-refractivity contribution in [3.63, 3.8) is 0 Å². The normalized spacial score (nSPS) is 14.5. The lowest BCUT2D eigenvalue weighted by atomic mass is 9.77. The van der Waals surface area contributed by atoms with Gasteiger partial charge in [0.15, 0.2) is 4.27 Å². The highest BCUT2D eigenvalue weighted by molar-refractivity contribution is 8.00. The summed E-state index contributed by atoms with van der Waals surface area (Å²) in [5.41, 5.74) is -1.95. The molecule has 0 rings (SSSR count). The van der Waals surface area contributed by atoms with Crippen molar-refractivity contribution in [1.82, 2.24) is 10.6 Å². The van der Waals surface area contributed by atoms with E-state index < -0.39 is 71.6 Å². The van der Waals surface area contributed by atoms with Crippen LogP contribution in [0.15, 0.2) is 0 Å². The first-order valence-electron chi connectivity index (χ1n) is 7.24. The van der Waals surface area contributed by atoms with Gasteiger partial charge in [0, 0.05) is 12.0 Å². The molecule has 0 aromatic heterocycles. The maximum Gasteiger partial charge on any atom is 0.317 e. The van der Waals surface area contributed by atoms with Crippen LogP contribution in [-0.2, 0) is 19.2 Å².